The van der Waals surface area contributed by atoms with Crippen LogP contribution in [0.2, 0.25) is 0 Å². The Morgan fingerprint density at radius 2 is 2.30 bits per heavy atom. The number of urea groups is 1. The Morgan fingerprint density at radius 1 is 1.52 bits per heavy atom. The first-order valence-electron chi connectivity index (χ1n) is 7.41. The predicted molar refractivity (Wildman–Crippen MR) is 89.3 cm³/mol. The standard InChI is InChI=1S/C16H20FN3O2S/c1-3-20(10-11(2)21)16(22)19-15-18-9-14(23-15)8-12-5-4-6-13(17)7-12/h4-7,9,11,21H,3,8,10H2,1-2H3,(H,18,19,22)/t11-/m1/s1. The topological polar surface area (TPSA) is 65.5 Å². The van der Waals surface area contributed by atoms with Crippen LogP contribution in [0.15, 0.2) is 30.5 Å². The van der Waals surface area contributed by atoms with E-state index in [4.69, 9.17) is 0 Å². The number of thiazole rings is 1. The highest BCUT2D eigenvalue weighted by Gasteiger charge is 2.15. The van der Waals surface area contributed by atoms with Crippen LogP contribution in [0.25, 0.3) is 0 Å². The molecule has 0 unspecified atom stereocenters. The van der Waals surface area contributed by atoms with Crippen LogP contribution in [-0.4, -0.2) is 40.2 Å². The summed E-state index contributed by atoms with van der Waals surface area (Å²) in [4.78, 5) is 18.7. The average Bonchev–Trinajstić information content (AvgIpc) is 2.91. The minimum absolute atomic E-state index is 0.266. The van der Waals surface area contributed by atoms with E-state index >= 15 is 0 Å². The summed E-state index contributed by atoms with van der Waals surface area (Å²) < 4.78 is 13.2. The Morgan fingerprint density at radius 3 is 2.96 bits per heavy atom. The van der Waals surface area contributed by atoms with Gasteiger partial charge in [0, 0.05) is 30.6 Å². The van der Waals surface area contributed by atoms with Gasteiger partial charge >= 0.3 is 6.03 Å². The summed E-state index contributed by atoms with van der Waals surface area (Å²) in [5.41, 5.74) is 0.857. The molecule has 2 N–H and O–H groups in total. The van der Waals surface area contributed by atoms with E-state index in [0.717, 1.165) is 10.4 Å². The molecule has 0 bridgehead atoms. The zero-order chi connectivity index (χ0) is 16.8. The predicted octanol–water partition coefficient (Wildman–Crippen LogP) is 3.11. The van der Waals surface area contributed by atoms with Gasteiger partial charge in [0.2, 0.25) is 0 Å². The zero-order valence-electron chi connectivity index (χ0n) is 13.1. The molecule has 0 aliphatic carbocycles. The maximum Gasteiger partial charge on any atom is 0.323 e. The highest BCUT2D eigenvalue weighted by Crippen LogP contribution is 2.21. The van der Waals surface area contributed by atoms with Crippen molar-refractivity contribution in [2.24, 2.45) is 0 Å². The van der Waals surface area contributed by atoms with Gasteiger partial charge in [0.15, 0.2) is 5.13 Å². The number of anilines is 1. The maximum absolute atomic E-state index is 13.2. The first-order valence-corrected chi connectivity index (χ1v) is 8.22. The number of likely N-dealkylation sites (N-methyl/N-ethyl adjacent to an activating group) is 1. The van der Waals surface area contributed by atoms with Gasteiger partial charge in [-0.3, -0.25) is 5.32 Å². The molecule has 2 rings (SSSR count). The number of hydrogen-bond donors (Lipinski definition) is 2. The molecule has 1 atom stereocenters. The number of aliphatic hydroxyl groups is 1. The van der Waals surface area contributed by atoms with Crippen LogP contribution in [-0.2, 0) is 6.42 Å². The van der Waals surface area contributed by atoms with Crippen molar-refractivity contribution in [2.75, 3.05) is 18.4 Å². The lowest BCUT2D eigenvalue weighted by Gasteiger charge is -2.21. The van der Waals surface area contributed by atoms with Crippen molar-refractivity contribution in [1.29, 1.82) is 0 Å². The number of benzene rings is 1. The van der Waals surface area contributed by atoms with Crippen molar-refractivity contribution in [3.8, 4) is 0 Å². The van der Waals surface area contributed by atoms with Crippen molar-refractivity contribution in [1.82, 2.24) is 9.88 Å². The van der Waals surface area contributed by atoms with Crippen molar-refractivity contribution in [2.45, 2.75) is 26.4 Å². The number of rotatable bonds is 6. The van der Waals surface area contributed by atoms with Gasteiger partial charge in [0.05, 0.1) is 6.10 Å². The number of nitrogens with one attached hydrogen (secondary N) is 1. The van der Waals surface area contributed by atoms with Crippen LogP contribution in [0.5, 0.6) is 0 Å². The minimum Gasteiger partial charge on any atom is -0.392 e. The van der Waals surface area contributed by atoms with Gasteiger partial charge in [-0.25, -0.2) is 14.2 Å². The molecule has 0 fully saturated rings. The second-order valence-electron chi connectivity index (χ2n) is 5.26. The second kappa shape index (κ2) is 8.03. The first-order chi connectivity index (χ1) is 11.0. The van der Waals surface area contributed by atoms with E-state index in [9.17, 15) is 14.3 Å². The van der Waals surface area contributed by atoms with Crippen LogP contribution in [0, 0.1) is 5.82 Å². The van der Waals surface area contributed by atoms with E-state index in [1.54, 1.807) is 19.2 Å². The molecule has 1 heterocycles. The summed E-state index contributed by atoms with van der Waals surface area (Å²) in [5.74, 6) is -0.266. The maximum atomic E-state index is 13.2. The van der Waals surface area contributed by atoms with Crippen molar-refractivity contribution in [3.63, 3.8) is 0 Å². The van der Waals surface area contributed by atoms with E-state index in [1.165, 1.54) is 28.4 Å². The molecule has 2 aromatic rings. The molecule has 0 aliphatic heterocycles. The average molecular weight is 337 g/mol. The van der Waals surface area contributed by atoms with Gasteiger partial charge in [0.25, 0.3) is 0 Å². The summed E-state index contributed by atoms with van der Waals surface area (Å²) in [7, 11) is 0. The van der Waals surface area contributed by atoms with Crippen LogP contribution in [0.1, 0.15) is 24.3 Å². The molecule has 0 radical (unpaired) electrons. The second-order valence-corrected chi connectivity index (χ2v) is 6.37. The van der Waals surface area contributed by atoms with E-state index < -0.39 is 6.10 Å². The molecule has 1 aromatic heterocycles. The Bertz CT molecular complexity index is 660. The number of hydrogen-bond acceptors (Lipinski definition) is 4. The molecular weight excluding hydrogens is 317 g/mol. The molecular formula is C16H20FN3O2S. The Balaban J connectivity index is 1.97. The fraction of sp³-hybridized carbons (Fsp3) is 0.375. The summed E-state index contributed by atoms with van der Waals surface area (Å²) in [6, 6.07) is 6.12. The van der Waals surface area contributed by atoms with Gasteiger partial charge in [0.1, 0.15) is 5.82 Å². The molecule has 5 nitrogen and oxygen atoms in total. The van der Waals surface area contributed by atoms with Gasteiger partial charge < -0.3 is 10.0 Å². The monoisotopic (exact) mass is 337 g/mol. The van der Waals surface area contributed by atoms with Crippen molar-refractivity contribution < 1.29 is 14.3 Å². The number of nitrogens with zero attached hydrogens (tertiary/aromatic N) is 2. The smallest absolute Gasteiger partial charge is 0.323 e. The number of amides is 2. The van der Waals surface area contributed by atoms with Crippen LogP contribution < -0.4 is 5.32 Å². The summed E-state index contributed by atoms with van der Waals surface area (Å²) in [5, 5.41) is 12.6. The number of carbonyl (C=O) groups is 1. The number of aromatic nitrogens is 1. The molecule has 0 saturated carbocycles. The van der Waals surface area contributed by atoms with Crippen molar-refractivity contribution in [3.05, 3.63) is 46.7 Å². The quantitative estimate of drug-likeness (QED) is 0.851. The molecule has 0 aliphatic rings. The number of aliphatic hydroxyl groups excluding tert-OH is 1. The molecule has 23 heavy (non-hydrogen) atoms. The van der Waals surface area contributed by atoms with E-state index in [2.05, 4.69) is 10.3 Å². The fourth-order valence-electron chi connectivity index (χ4n) is 2.14. The van der Waals surface area contributed by atoms with Gasteiger partial charge in [-0.05, 0) is 31.5 Å². The molecule has 7 heteroatoms. The molecule has 0 saturated heterocycles. The lowest BCUT2D eigenvalue weighted by atomic mass is 10.1. The summed E-state index contributed by atoms with van der Waals surface area (Å²) in [6.07, 6.45) is 1.66. The normalized spacial score (nSPS) is 12.0. The molecule has 0 spiro atoms. The largest absolute Gasteiger partial charge is 0.392 e. The third-order valence-corrected chi connectivity index (χ3v) is 4.10. The Hall–Kier alpha value is -1.99. The lowest BCUT2D eigenvalue weighted by Crippen LogP contribution is -2.39. The first kappa shape index (κ1) is 17.4. The zero-order valence-corrected chi connectivity index (χ0v) is 13.9. The van der Waals surface area contributed by atoms with E-state index in [1.807, 2.05) is 13.0 Å². The van der Waals surface area contributed by atoms with Gasteiger partial charge in [-0.15, -0.1) is 11.3 Å². The SMILES string of the molecule is CCN(C[C@@H](C)O)C(=O)Nc1ncc(Cc2cccc(F)c2)s1. The summed E-state index contributed by atoms with van der Waals surface area (Å²) in [6.45, 7) is 4.25. The van der Waals surface area contributed by atoms with Crippen LogP contribution >= 0.6 is 11.3 Å². The molecule has 1 aromatic carbocycles. The number of carbonyl (C=O) groups excluding carboxylic acids is 1. The number of halogens is 1. The van der Waals surface area contributed by atoms with Crippen LogP contribution in [0.3, 0.4) is 0 Å². The third kappa shape index (κ3) is 5.30. The van der Waals surface area contributed by atoms with Gasteiger partial charge in [-0.1, -0.05) is 12.1 Å². The Labute approximate surface area is 138 Å². The fourth-order valence-corrected chi connectivity index (χ4v) is 2.98. The molecule has 2 amide bonds. The minimum atomic E-state index is -0.583. The van der Waals surface area contributed by atoms with Gasteiger partial charge in [-0.2, -0.15) is 0 Å². The Kier molecular flexibility index (Phi) is 6.06. The van der Waals surface area contributed by atoms with E-state index in [0.29, 0.717) is 18.1 Å². The highest BCUT2D eigenvalue weighted by atomic mass is 32.1. The van der Waals surface area contributed by atoms with E-state index in [-0.39, 0.29) is 18.4 Å². The highest BCUT2D eigenvalue weighted by molar-refractivity contribution is 7.15. The summed E-state index contributed by atoms with van der Waals surface area (Å²) >= 11 is 1.35. The van der Waals surface area contributed by atoms with Crippen LogP contribution in [0.4, 0.5) is 14.3 Å². The van der Waals surface area contributed by atoms with Crippen molar-refractivity contribution >= 4 is 22.5 Å². The lowest BCUT2D eigenvalue weighted by molar-refractivity contribution is 0.141. The molecule has 124 valence electrons. The third-order valence-electron chi connectivity index (χ3n) is 3.19.